The summed E-state index contributed by atoms with van der Waals surface area (Å²) in [5, 5.41) is 9.03. The van der Waals surface area contributed by atoms with Gasteiger partial charge in [0.2, 0.25) is 0 Å². The molecule has 7 heteroatoms. The Hall–Kier alpha value is -3.07. The van der Waals surface area contributed by atoms with Crippen LogP contribution < -0.4 is 14.2 Å². The highest BCUT2D eigenvalue weighted by atomic mass is 127. The number of carbonyl (C=O) groups is 1. The number of aliphatic imine (C=N–C) groups is 1. The molecule has 0 aliphatic rings. The Labute approximate surface area is 201 Å². The van der Waals surface area contributed by atoms with Crippen LogP contribution in [-0.2, 0) is 6.61 Å². The second-order valence-corrected chi connectivity index (χ2v) is 7.90. The molecule has 0 aliphatic heterocycles. The summed E-state index contributed by atoms with van der Waals surface area (Å²) in [6, 6.07) is 18.1. The van der Waals surface area contributed by atoms with Crippen LogP contribution in [0.3, 0.4) is 0 Å². The maximum Gasteiger partial charge on any atom is 0.335 e. The Morgan fingerprint density at radius 2 is 1.66 bits per heavy atom. The Bertz CT molecular complexity index is 1080. The quantitative estimate of drug-likeness (QED) is 0.246. The van der Waals surface area contributed by atoms with Crippen molar-refractivity contribution in [1.29, 1.82) is 0 Å². The van der Waals surface area contributed by atoms with E-state index in [0.29, 0.717) is 31.3 Å². The lowest BCUT2D eigenvalue weighted by atomic mass is 10.1. The van der Waals surface area contributed by atoms with Crippen LogP contribution in [0.4, 0.5) is 5.69 Å². The number of hydrogen-bond acceptors (Lipinski definition) is 5. The van der Waals surface area contributed by atoms with Gasteiger partial charge in [0.25, 0.3) is 0 Å². The summed E-state index contributed by atoms with van der Waals surface area (Å²) in [5.74, 6) is 1.15. The Morgan fingerprint density at radius 1 is 0.969 bits per heavy atom. The zero-order valence-electron chi connectivity index (χ0n) is 17.9. The summed E-state index contributed by atoms with van der Waals surface area (Å²) in [4.78, 5) is 15.5. The molecule has 0 heterocycles. The molecule has 32 heavy (non-hydrogen) atoms. The van der Waals surface area contributed by atoms with E-state index in [1.807, 2.05) is 50.2 Å². The van der Waals surface area contributed by atoms with Gasteiger partial charge in [-0.1, -0.05) is 12.1 Å². The second kappa shape index (κ2) is 11.5. The molecule has 166 valence electrons. The second-order valence-electron chi connectivity index (χ2n) is 6.74. The Kier molecular flexibility index (Phi) is 8.49. The number of nitrogens with zero attached hydrogens (tertiary/aromatic N) is 1. The molecule has 0 saturated heterocycles. The third-order valence-electron chi connectivity index (χ3n) is 4.43. The zero-order valence-corrected chi connectivity index (χ0v) is 20.0. The third kappa shape index (κ3) is 6.46. The molecule has 0 bridgehead atoms. The molecule has 3 aromatic rings. The predicted molar refractivity (Wildman–Crippen MR) is 133 cm³/mol. The first-order valence-corrected chi connectivity index (χ1v) is 11.3. The first-order chi connectivity index (χ1) is 15.5. The number of carboxylic acid groups (broad SMARTS) is 1. The van der Waals surface area contributed by atoms with Crippen LogP contribution in [-0.4, -0.2) is 30.5 Å². The first kappa shape index (κ1) is 23.6. The van der Waals surface area contributed by atoms with Crippen LogP contribution >= 0.6 is 22.6 Å². The van der Waals surface area contributed by atoms with Crippen molar-refractivity contribution in [2.24, 2.45) is 4.99 Å². The number of hydrogen-bond donors (Lipinski definition) is 1. The fourth-order valence-electron chi connectivity index (χ4n) is 2.91. The lowest BCUT2D eigenvalue weighted by Crippen LogP contribution is -2.03. The first-order valence-electron chi connectivity index (χ1n) is 10.2. The fraction of sp³-hybridized carbons (Fsp3) is 0.200. The number of benzene rings is 3. The maximum atomic E-state index is 11.0. The number of halogens is 1. The zero-order chi connectivity index (χ0) is 22.9. The van der Waals surface area contributed by atoms with Crippen molar-refractivity contribution in [2.75, 3.05) is 13.2 Å². The highest BCUT2D eigenvalue weighted by molar-refractivity contribution is 14.1. The normalized spacial score (nSPS) is 10.8. The van der Waals surface area contributed by atoms with Crippen molar-refractivity contribution in [2.45, 2.75) is 20.5 Å². The molecule has 3 aromatic carbocycles. The summed E-state index contributed by atoms with van der Waals surface area (Å²) >= 11 is 2.21. The molecule has 1 N–H and O–H groups in total. The minimum absolute atomic E-state index is 0.245. The van der Waals surface area contributed by atoms with Crippen LogP contribution in [0.2, 0.25) is 0 Å². The number of ether oxygens (including phenoxy) is 3. The van der Waals surface area contributed by atoms with E-state index in [1.165, 1.54) is 0 Å². The minimum Gasteiger partial charge on any atom is -0.494 e. The van der Waals surface area contributed by atoms with E-state index in [2.05, 4.69) is 27.6 Å². The molecule has 0 fully saturated rings. The van der Waals surface area contributed by atoms with E-state index in [9.17, 15) is 4.79 Å². The molecule has 0 aromatic heterocycles. The van der Waals surface area contributed by atoms with Gasteiger partial charge in [0.05, 0.1) is 28.0 Å². The van der Waals surface area contributed by atoms with Crippen LogP contribution in [0.25, 0.3) is 0 Å². The average Bonchev–Trinajstić information content (AvgIpc) is 2.79. The summed E-state index contributed by atoms with van der Waals surface area (Å²) in [5.41, 5.74) is 2.83. The number of rotatable bonds is 10. The van der Waals surface area contributed by atoms with E-state index in [4.69, 9.17) is 19.3 Å². The molecule has 0 saturated carbocycles. The van der Waals surface area contributed by atoms with E-state index in [1.54, 1.807) is 30.5 Å². The lowest BCUT2D eigenvalue weighted by molar-refractivity contribution is 0.0697. The van der Waals surface area contributed by atoms with E-state index in [0.717, 1.165) is 26.1 Å². The van der Waals surface area contributed by atoms with Gasteiger partial charge in [-0.25, -0.2) is 4.79 Å². The van der Waals surface area contributed by atoms with Crippen molar-refractivity contribution in [3.05, 3.63) is 80.9 Å². The summed E-state index contributed by atoms with van der Waals surface area (Å²) < 4.78 is 18.2. The molecule has 0 unspecified atom stereocenters. The largest absolute Gasteiger partial charge is 0.494 e. The van der Waals surface area contributed by atoms with Gasteiger partial charge < -0.3 is 19.3 Å². The van der Waals surface area contributed by atoms with Crippen LogP contribution in [0.15, 0.2) is 65.7 Å². The third-order valence-corrected chi connectivity index (χ3v) is 5.23. The molecule has 6 nitrogen and oxygen atoms in total. The molecule has 0 aliphatic carbocycles. The van der Waals surface area contributed by atoms with Crippen LogP contribution in [0.5, 0.6) is 17.2 Å². The van der Waals surface area contributed by atoms with Gasteiger partial charge in [0.1, 0.15) is 12.4 Å². The van der Waals surface area contributed by atoms with Gasteiger partial charge in [-0.3, -0.25) is 4.99 Å². The van der Waals surface area contributed by atoms with Crippen molar-refractivity contribution in [3.63, 3.8) is 0 Å². The molecule has 0 amide bonds. The van der Waals surface area contributed by atoms with Gasteiger partial charge in [-0.05, 0) is 96.1 Å². The van der Waals surface area contributed by atoms with Crippen LogP contribution in [0, 0.1) is 3.57 Å². The lowest BCUT2D eigenvalue weighted by Gasteiger charge is -2.15. The van der Waals surface area contributed by atoms with Crippen molar-refractivity contribution < 1.29 is 24.1 Å². The van der Waals surface area contributed by atoms with Crippen molar-refractivity contribution in [1.82, 2.24) is 0 Å². The van der Waals surface area contributed by atoms with Crippen molar-refractivity contribution in [3.8, 4) is 17.2 Å². The predicted octanol–water partition coefficient (Wildman–Crippen LogP) is 6.12. The average molecular weight is 545 g/mol. The summed E-state index contributed by atoms with van der Waals surface area (Å²) in [6.07, 6.45) is 1.79. The topological polar surface area (TPSA) is 77.4 Å². The van der Waals surface area contributed by atoms with E-state index >= 15 is 0 Å². The highest BCUT2D eigenvalue weighted by Crippen LogP contribution is 2.34. The summed E-state index contributed by atoms with van der Waals surface area (Å²) in [7, 11) is 0. The number of aromatic carboxylic acids is 1. The molecule has 3 rings (SSSR count). The molecular formula is C25H24INO5. The highest BCUT2D eigenvalue weighted by Gasteiger charge is 2.12. The SMILES string of the molecule is CCOc1ccc(N=Cc2cc(I)c(OCc3ccc(C(=O)O)cc3)c(OCC)c2)cc1. The van der Waals surface area contributed by atoms with Crippen LogP contribution in [0.1, 0.15) is 35.3 Å². The monoisotopic (exact) mass is 545 g/mol. The molecule has 0 atom stereocenters. The molecule has 0 spiro atoms. The van der Waals surface area contributed by atoms with Gasteiger partial charge in [0.15, 0.2) is 11.5 Å². The smallest absolute Gasteiger partial charge is 0.335 e. The molecule has 0 radical (unpaired) electrons. The van der Waals surface area contributed by atoms with E-state index in [-0.39, 0.29) is 5.56 Å². The van der Waals surface area contributed by atoms with E-state index < -0.39 is 5.97 Å². The van der Waals surface area contributed by atoms with Crippen molar-refractivity contribution >= 4 is 40.5 Å². The molecular weight excluding hydrogens is 521 g/mol. The summed E-state index contributed by atoms with van der Waals surface area (Å²) in [6.45, 7) is 5.30. The standard InChI is InChI=1S/C25H24INO5/c1-3-30-21-11-9-20(10-12-21)27-15-18-13-22(26)24(23(14-18)31-4-2)32-16-17-5-7-19(8-6-17)25(28)29/h5-15H,3-4,16H2,1-2H3,(H,28,29). The maximum absolute atomic E-state index is 11.0. The Balaban J connectivity index is 1.75. The Morgan fingerprint density at radius 3 is 2.28 bits per heavy atom. The van der Waals surface area contributed by atoms with Gasteiger partial charge in [-0.15, -0.1) is 0 Å². The fourth-order valence-corrected chi connectivity index (χ4v) is 3.69. The number of carboxylic acids is 1. The van der Waals surface area contributed by atoms with Gasteiger partial charge in [-0.2, -0.15) is 0 Å². The minimum atomic E-state index is -0.951. The van der Waals surface area contributed by atoms with Gasteiger partial charge in [0, 0.05) is 6.21 Å². The van der Waals surface area contributed by atoms with Gasteiger partial charge >= 0.3 is 5.97 Å².